The van der Waals surface area contributed by atoms with Crippen molar-refractivity contribution < 1.29 is 23.5 Å². The zero-order valence-electron chi connectivity index (χ0n) is 22.5. The third-order valence-corrected chi connectivity index (χ3v) is 8.13. The summed E-state index contributed by atoms with van der Waals surface area (Å²) in [5.41, 5.74) is 0.971. The van der Waals surface area contributed by atoms with E-state index in [9.17, 15) is 14.4 Å². The van der Waals surface area contributed by atoms with Crippen molar-refractivity contribution in [3.63, 3.8) is 0 Å². The Kier molecular flexibility index (Phi) is 14.1. The molecule has 0 amide bonds. The van der Waals surface area contributed by atoms with E-state index < -0.39 is 8.80 Å². The largest absolute Gasteiger partial charge is 0.495 e. The van der Waals surface area contributed by atoms with Gasteiger partial charge in [-0.15, -0.1) is 0 Å². The molecule has 0 radical (unpaired) electrons. The Balaban J connectivity index is 1.60. The number of fused-ring (bicyclic) bond motifs is 1. The summed E-state index contributed by atoms with van der Waals surface area (Å²) in [6.07, 6.45) is 10.3. The fraction of sp³-hybridized carbons (Fsp3) is 0.621. The summed E-state index contributed by atoms with van der Waals surface area (Å²) in [7, 11) is -3.39. The van der Waals surface area contributed by atoms with Crippen molar-refractivity contribution in [2.75, 3.05) is 18.5 Å². The van der Waals surface area contributed by atoms with Crippen molar-refractivity contribution in [3.05, 3.63) is 42.5 Å². The second-order valence-corrected chi connectivity index (χ2v) is 12.4. The summed E-state index contributed by atoms with van der Waals surface area (Å²) in [6.45, 7) is 6.87. The van der Waals surface area contributed by atoms with Crippen molar-refractivity contribution in [3.8, 4) is 0 Å². The SMILES string of the molecule is CCO[Si](O)(O)CCCCCCCCCCCOC(=O)[C@H](CC(C)C)Nc1cccc2ccccc12. The highest BCUT2D eigenvalue weighted by molar-refractivity contribution is 6.57. The van der Waals surface area contributed by atoms with Crippen molar-refractivity contribution in [1.82, 2.24) is 0 Å². The smallest absolute Gasteiger partial charge is 0.464 e. The normalized spacial score (nSPS) is 12.7. The molecule has 2 aromatic rings. The van der Waals surface area contributed by atoms with E-state index in [1.54, 1.807) is 6.92 Å². The number of hydrogen-bond donors (Lipinski definition) is 3. The van der Waals surface area contributed by atoms with Crippen molar-refractivity contribution in [2.24, 2.45) is 5.92 Å². The highest BCUT2D eigenvalue weighted by atomic mass is 28.4. The standard InChI is InChI=1S/C29H47NO5Si/c1-4-35-36(32,33)22-15-11-9-7-5-6-8-10-14-21-34-29(31)28(23-24(2)3)30-27-20-16-18-25-17-12-13-19-26(25)27/h12-13,16-20,24,28,30,32-33H,4-11,14-15,21-23H2,1-3H3/t28-/m0/s1. The minimum Gasteiger partial charge on any atom is -0.464 e. The molecule has 0 bridgehead atoms. The molecule has 1 atom stereocenters. The van der Waals surface area contributed by atoms with Gasteiger partial charge >= 0.3 is 14.8 Å². The Bertz CT molecular complexity index is 884. The Morgan fingerprint density at radius 3 is 2.17 bits per heavy atom. The molecule has 0 aliphatic rings. The fourth-order valence-corrected chi connectivity index (χ4v) is 5.81. The summed E-state index contributed by atoms with van der Waals surface area (Å²) in [5.74, 6) is 0.213. The number of hydrogen-bond acceptors (Lipinski definition) is 6. The molecule has 2 rings (SSSR count). The molecule has 36 heavy (non-hydrogen) atoms. The molecule has 0 unspecified atom stereocenters. The van der Waals surface area contributed by atoms with Crippen LogP contribution in [-0.4, -0.2) is 43.6 Å². The first kappa shape index (κ1) is 30.3. The van der Waals surface area contributed by atoms with Gasteiger partial charge in [-0.25, -0.2) is 4.79 Å². The highest BCUT2D eigenvalue weighted by Crippen LogP contribution is 2.25. The van der Waals surface area contributed by atoms with Gasteiger partial charge in [-0.3, -0.25) is 0 Å². The highest BCUT2D eigenvalue weighted by Gasteiger charge is 2.30. The molecule has 0 heterocycles. The van der Waals surface area contributed by atoms with Crippen LogP contribution in [0.3, 0.4) is 0 Å². The third-order valence-electron chi connectivity index (χ3n) is 6.38. The van der Waals surface area contributed by atoms with Gasteiger partial charge in [0.2, 0.25) is 0 Å². The average Bonchev–Trinajstić information content (AvgIpc) is 2.84. The van der Waals surface area contributed by atoms with Gasteiger partial charge in [-0.2, -0.15) is 0 Å². The molecular weight excluding hydrogens is 470 g/mol. The number of esters is 1. The first-order chi connectivity index (χ1) is 17.3. The maximum absolute atomic E-state index is 12.9. The van der Waals surface area contributed by atoms with E-state index in [0.717, 1.165) is 61.4 Å². The van der Waals surface area contributed by atoms with Crippen LogP contribution in [0, 0.1) is 5.92 Å². The van der Waals surface area contributed by atoms with Gasteiger partial charge in [0.05, 0.1) is 6.61 Å². The van der Waals surface area contributed by atoms with Gasteiger partial charge < -0.3 is 24.1 Å². The zero-order chi connectivity index (χ0) is 26.2. The number of ether oxygens (including phenoxy) is 1. The van der Waals surface area contributed by atoms with Crippen LogP contribution in [0.1, 0.15) is 85.0 Å². The number of anilines is 1. The van der Waals surface area contributed by atoms with Crippen LogP contribution in [0.15, 0.2) is 42.5 Å². The topological polar surface area (TPSA) is 88.0 Å². The molecule has 0 saturated carbocycles. The lowest BCUT2D eigenvalue weighted by Crippen LogP contribution is -2.38. The Morgan fingerprint density at radius 2 is 1.50 bits per heavy atom. The lowest BCUT2D eigenvalue weighted by molar-refractivity contribution is -0.145. The molecule has 0 spiro atoms. The maximum Gasteiger partial charge on any atom is 0.495 e. The Labute approximate surface area is 218 Å². The minimum atomic E-state index is -3.39. The van der Waals surface area contributed by atoms with Gasteiger partial charge in [0, 0.05) is 23.7 Å². The molecule has 7 heteroatoms. The van der Waals surface area contributed by atoms with Gasteiger partial charge in [-0.05, 0) is 43.6 Å². The maximum atomic E-state index is 12.9. The molecule has 0 saturated heterocycles. The van der Waals surface area contributed by atoms with E-state index in [0.29, 0.717) is 25.2 Å². The van der Waals surface area contributed by atoms with Crippen LogP contribution < -0.4 is 5.32 Å². The molecule has 0 aliphatic carbocycles. The minimum absolute atomic E-state index is 0.168. The molecule has 2 aromatic carbocycles. The average molecular weight is 518 g/mol. The number of carbonyl (C=O) groups is 1. The number of unbranched alkanes of at least 4 members (excludes halogenated alkanes) is 8. The fourth-order valence-electron chi connectivity index (χ4n) is 4.50. The number of benzene rings is 2. The summed E-state index contributed by atoms with van der Waals surface area (Å²) in [5, 5.41) is 5.72. The zero-order valence-corrected chi connectivity index (χ0v) is 23.5. The summed E-state index contributed by atoms with van der Waals surface area (Å²) in [4.78, 5) is 32.3. The van der Waals surface area contributed by atoms with E-state index in [-0.39, 0.29) is 12.0 Å². The molecule has 0 fully saturated rings. The van der Waals surface area contributed by atoms with Gasteiger partial charge in [0.25, 0.3) is 0 Å². The first-order valence-electron chi connectivity index (χ1n) is 13.8. The van der Waals surface area contributed by atoms with Crippen LogP contribution >= 0.6 is 0 Å². The third kappa shape index (κ3) is 11.9. The number of carbonyl (C=O) groups excluding carboxylic acids is 1. The predicted octanol–water partition coefficient (Wildman–Crippen LogP) is 6.68. The van der Waals surface area contributed by atoms with E-state index in [1.165, 1.54) is 19.3 Å². The van der Waals surface area contributed by atoms with E-state index in [1.807, 2.05) is 24.3 Å². The summed E-state index contributed by atoms with van der Waals surface area (Å²) >= 11 is 0. The molecule has 6 nitrogen and oxygen atoms in total. The van der Waals surface area contributed by atoms with Crippen LogP contribution in [0.25, 0.3) is 10.8 Å². The number of rotatable bonds is 19. The molecular formula is C29H47NO5Si. The van der Waals surface area contributed by atoms with Gasteiger partial charge in [0.1, 0.15) is 6.04 Å². The molecule has 3 N–H and O–H groups in total. The van der Waals surface area contributed by atoms with E-state index >= 15 is 0 Å². The van der Waals surface area contributed by atoms with E-state index in [4.69, 9.17) is 9.16 Å². The molecule has 202 valence electrons. The van der Waals surface area contributed by atoms with Crippen LogP contribution in [0.4, 0.5) is 5.69 Å². The lowest BCUT2D eigenvalue weighted by atomic mass is 10.0. The monoisotopic (exact) mass is 517 g/mol. The first-order valence-corrected chi connectivity index (χ1v) is 15.8. The second-order valence-electron chi connectivity index (χ2n) is 10.1. The van der Waals surface area contributed by atoms with Crippen molar-refractivity contribution in [2.45, 2.75) is 97.1 Å². The lowest BCUT2D eigenvalue weighted by Gasteiger charge is -2.21. The molecule has 0 aromatic heterocycles. The number of nitrogens with one attached hydrogen (secondary N) is 1. The second kappa shape index (κ2) is 16.7. The Morgan fingerprint density at radius 1 is 0.889 bits per heavy atom. The summed E-state index contributed by atoms with van der Waals surface area (Å²) in [6, 6.07) is 14.4. The van der Waals surface area contributed by atoms with Crippen molar-refractivity contribution in [1.29, 1.82) is 0 Å². The van der Waals surface area contributed by atoms with Crippen molar-refractivity contribution >= 4 is 31.2 Å². The van der Waals surface area contributed by atoms with Gasteiger partial charge in [0.15, 0.2) is 0 Å². The summed E-state index contributed by atoms with van der Waals surface area (Å²) < 4.78 is 10.7. The van der Waals surface area contributed by atoms with Crippen LogP contribution in [-0.2, 0) is 14.0 Å². The van der Waals surface area contributed by atoms with E-state index in [2.05, 4.69) is 37.4 Å². The Hall–Kier alpha value is -1.93. The quantitative estimate of drug-likeness (QED) is 0.109. The van der Waals surface area contributed by atoms with Crippen LogP contribution in [0.5, 0.6) is 0 Å². The molecule has 0 aliphatic heterocycles. The van der Waals surface area contributed by atoms with Gasteiger partial charge in [-0.1, -0.05) is 95.2 Å². The van der Waals surface area contributed by atoms with Crippen LogP contribution in [0.2, 0.25) is 6.04 Å². The predicted molar refractivity (Wildman–Crippen MR) is 150 cm³/mol.